The van der Waals surface area contributed by atoms with Crippen molar-refractivity contribution in [2.75, 3.05) is 11.9 Å². The Morgan fingerprint density at radius 3 is 2.74 bits per heavy atom. The van der Waals surface area contributed by atoms with Gasteiger partial charge in [-0.25, -0.2) is 9.97 Å². The molecule has 3 nitrogen and oxygen atoms in total. The zero-order chi connectivity index (χ0) is 13.2. The Bertz CT molecular complexity index is 419. The van der Waals surface area contributed by atoms with E-state index < -0.39 is 0 Å². The molecule has 2 aliphatic rings. The molecule has 2 bridgehead atoms. The van der Waals surface area contributed by atoms with Gasteiger partial charge in [0.25, 0.3) is 0 Å². The highest BCUT2D eigenvalue weighted by atomic mass is 15.0. The zero-order valence-corrected chi connectivity index (χ0v) is 12.2. The lowest BCUT2D eigenvalue weighted by Gasteiger charge is -2.21. The molecule has 0 aliphatic heterocycles. The van der Waals surface area contributed by atoms with Crippen LogP contribution in [0.15, 0.2) is 6.07 Å². The van der Waals surface area contributed by atoms with E-state index in [9.17, 15) is 0 Å². The standard InChI is InChI=1S/C16H25N3/c1-3-5-13-10-15(17-4-2)19-16(18-13)14-9-11-6-7-12(14)8-11/h10-12,14H,3-9H2,1-2H3,(H,17,18,19). The number of nitrogens with zero attached hydrogens (tertiary/aromatic N) is 2. The normalized spacial score (nSPS) is 28.8. The molecule has 0 radical (unpaired) electrons. The van der Waals surface area contributed by atoms with Gasteiger partial charge in [-0.05, 0) is 44.4 Å². The number of hydrogen-bond donors (Lipinski definition) is 1. The number of rotatable bonds is 5. The third-order valence-electron chi connectivity index (χ3n) is 4.73. The Morgan fingerprint density at radius 1 is 1.21 bits per heavy atom. The van der Waals surface area contributed by atoms with Gasteiger partial charge in [0.2, 0.25) is 0 Å². The average Bonchev–Trinajstić information content (AvgIpc) is 3.01. The number of nitrogens with one attached hydrogen (secondary N) is 1. The summed E-state index contributed by atoms with van der Waals surface area (Å²) in [5.74, 6) is 4.59. The fourth-order valence-electron chi connectivity index (χ4n) is 3.90. The summed E-state index contributed by atoms with van der Waals surface area (Å²) in [6.45, 7) is 5.27. The van der Waals surface area contributed by atoms with E-state index in [4.69, 9.17) is 9.97 Å². The van der Waals surface area contributed by atoms with Crippen LogP contribution in [0.1, 0.15) is 63.4 Å². The maximum absolute atomic E-state index is 4.86. The van der Waals surface area contributed by atoms with Crippen molar-refractivity contribution in [1.29, 1.82) is 0 Å². The van der Waals surface area contributed by atoms with Crippen molar-refractivity contribution in [3.8, 4) is 0 Å². The largest absolute Gasteiger partial charge is 0.370 e. The van der Waals surface area contributed by atoms with Crippen LogP contribution in [0, 0.1) is 11.8 Å². The maximum atomic E-state index is 4.86. The molecule has 104 valence electrons. The molecular formula is C16H25N3. The van der Waals surface area contributed by atoms with Gasteiger partial charge >= 0.3 is 0 Å². The lowest BCUT2D eigenvalue weighted by molar-refractivity contribution is 0.404. The van der Waals surface area contributed by atoms with Gasteiger partial charge < -0.3 is 5.32 Å². The van der Waals surface area contributed by atoms with Crippen LogP contribution in [0.2, 0.25) is 0 Å². The van der Waals surface area contributed by atoms with Crippen molar-refractivity contribution < 1.29 is 0 Å². The minimum absolute atomic E-state index is 0.632. The summed E-state index contributed by atoms with van der Waals surface area (Å²) in [7, 11) is 0. The highest BCUT2D eigenvalue weighted by Crippen LogP contribution is 2.52. The lowest BCUT2D eigenvalue weighted by atomic mass is 9.88. The molecule has 1 N–H and O–H groups in total. The fourth-order valence-corrected chi connectivity index (χ4v) is 3.90. The SMILES string of the molecule is CCCc1cc(NCC)nc(C2CC3CCC2C3)n1. The van der Waals surface area contributed by atoms with E-state index >= 15 is 0 Å². The summed E-state index contributed by atoms with van der Waals surface area (Å²) < 4.78 is 0. The third-order valence-corrected chi connectivity index (χ3v) is 4.73. The summed E-state index contributed by atoms with van der Waals surface area (Å²) >= 11 is 0. The van der Waals surface area contributed by atoms with E-state index in [0.29, 0.717) is 5.92 Å². The van der Waals surface area contributed by atoms with Crippen molar-refractivity contribution in [2.24, 2.45) is 11.8 Å². The second-order valence-electron chi connectivity index (χ2n) is 6.16. The maximum Gasteiger partial charge on any atom is 0.134 e. The van der Waals surface area contributed by atoms with Gasteiger partial charge in [-0.1, -0.05) is 19.8 Å². The van der Waals surface area contributed by atoms with Crippen LogP contribution in [0.4, 0.5) is 5.82 Å². The molecule has 0 saturated heterocycles. The first-order valence-corrected chi connectivity index (χ1v) is 7.91. The molecule has 2 fully saturated rings. The van der Waals surface area contributed by atoms with Crippen LogP contribution in [0.3, 0.4) is 0 Å². The van der Waals surface area contributed by atoms with Crippen LogP contribution >= 0.6 is 0 Å². The van der Waals surface area contributed by atoms with Crippen molar-refractivity contribution >= 4 is 5.82 Å². The van der Waals surface area contributed by atoms with Crippen molar-refractivity contribution in [3.63, 3.8) is 0 Å². The minimum atomic E-state index is 0.632. The summed E-state index contributed by atoms with van der Waals surface area (Å²) in [5.41, 5.74) is 1.21. The predicted octanol–water partition coefficient (Wildman–Crippen LogP) is 3.76. The topological polar surface area (TPSA) is 37.8 Å². The minimum Gasteiger partial charge on any atom is -0.370 e. The first-order valence-electron chi connectivity index (χ1n) is 7.91. The van der Waals surface area contributed by atoms with Crippen LogP contribution in [0.5, 0.6) is 0 Å². The average molecular weight is 259 g/mol. The highest BCUT2D eigenvalue weighted by molar-refractivity contribution is 5.36. The lowest BCUT2D eigenvalue weighted by Crippen LogP contribution is -2.14. The Kier molecular flexibility index (Phi) is 3.72. The summed E-state index contributed by atoms with van der Waals surface area (Å²) in [6.07, 6.45) is 7.80. The Labute approximate surface area is 116 Å². The number of fused-ring (bicyclic) bond motifs is 2. The van der Waals surface area contributed by atoms with E-state index in [0.717, 1.165) is 42.9 Å². The van der Waals surface area contributed by atoms with Gasteiger partial charge in [0.15, 0.2) is 0 Å². The first-order chi connectivity index (χ1) is 9.30. The van der Waals surface area contributed by atoms with Gasteiger partial charge in [-0.3, -0.25) is 0 Å². The number of hydrogen-bond acceptors (Lipinski definition) is 3. The van der Waals surface area contributed by atoms with Gasteiger partial charge in [0.05, 0.1) is 0 Å². The van der Waals surface area contributed by atoms with Crippen molar-refractivity contribution in [3.05, 3.63) is 17.6 Å². The first kappa shape index (κ1) is 12.9. The third kappa shape index (κ3) is 2.60. The quantitative estimate of drug-likeness (QED) is 0.874. The van der Waals surface area contributed by atoms with Crippen molar-refractivity contribution in [1.82, 2.24) is 9.97 Å². The van der Waals surface area contributed by atoms with Crippen LogP contribution < -0.4 is 5.32 Å². The molecule has 3 heteroatoms. The van der Waals surface area contributed by atoms with E-state index in [1.807, 2.05) is 0 Å². The molecule has 3 atom stereocenters. The molecule has 1 heterocycles. The Hall–Kier alpha value is -1.12. The Balaban J connectivity index is 1.86. The number of anilines is 1. The molecule has 1 aromatic heterocycles. The Morgan fingerprint density at radius 2 is 2.11 bits per heavy atom. The van der Waals surface area contributed by atoms with Gasteiger partial charge in [-0.2, -0.15) is 0 Å². The van der Waals surface area contributed by atoms with E-state index in [1.165, 1.54) is 31.4 Å². The predicted molar refractivity (Wildman–Crippen MR) is 78.4 cm³/mol. The second-order valence-corrected chi connectivity index (χ2v) is 6.16. The molecular weight excluding hydrogens is 234 g/mol. The summed E-state index contributed by atoms with van der Waals surface area (Å²) in [4.78, 5) is 9.64. The smallest absolute Gasteiger partial charge is 0.134 e. The zero-order valence-electron chi connectivity index (χ0n) is 12.2. The second kappa shape index (κ2) is 5.48. The molecule has 2 aliphatic carbocycles. The van der Waals surface area contributed by atoms with Gasteiger partial charge in [0, 0.05) is 24.2 Å². The molecule has 2 saturated carbocycles. The summed E-state index contributed by atoms with van der Waals surface area (Å²) in [5, 5.41) is 3.36. The van der Waals surface area contributed by atoms with E-state index in [1.54, 1.807) is 0 Å². The van der Waals surface area contributed by atoms with E-state index in [-0.39, 0.29) is 0 Å². The van der Waals surface area contributed by atoms with Crippen molar-refractivity contribution in [2.45, 2.75) is 58.3 Å². The number of aryl methyl sites for hydroxylation is 1. The molecule has 19 heavy (non-hydrogen) atoms. The van der Waals surface area contributed by atoms with Gasteiger partial charge in [-0.15, -0.1) is 0 Å². The highest BCUT2D eigenvalue weighted by Gasteiger charge is 2.41. The van der Waals surface area contributed by atoms with E-state index in [2.05, 4.69) is 25.2 Å². The molecule has 0 spiro atoms. The van der Waals surface area contributed by atoms with Crippen LogP contribution in [-0.2, 0) is 6.42 Å². The van der Waals surface area contributed by atoms with Gasteiger partial charge in [0.1, 0.15) is 11.6 Å². The molecule has 1 aromatic rings. The molecule has 0 aromatic carbocycles. The monoisotopic (exact) mass is 259 g/mol. The molecule has 3 rings (SSSR count). The summed E-state index contributed by atoms with van der Waals surface area (Å²) in [6, 6.07) is 2.13. The fraction of sp³-hybridized carbons (Fsp3) is 0.750. The molecule has 0 amide bonds. The van der Waals surface area contributed by atoms with Crippen LogP contribution in [0.25, 0.3) is 0 Å². The molecule has 3 unspecified atom stereocenters. The van der Waals surface area contributed by atoms with Crippen LogP contribution in [-0.4, -0.2) is 16.5 Å². The number of aromatic nitrogens is 2.